The first-order valence-electron chi connectivity index (χ1n) is 6.42. The fourth-order valence-corrected chi connectivity index (χ4v) is 1.93. The van der Waals surface area contributed by atoms with Crippen molar-refractivity contribution in [2.45, 2.75) is 33.1 Å². The molecule has 0 saturated heterocycles. The van der Waals surface area contributed by atoms with Crippen LogP contribution in [0.5, 0.6) is 0 Å². The number of aliphatic hydroxyl groups is 1. The van der Waals surface area contributed by atoms with Crippen LogP contribution in [0.2, 0.25) is 0 Å². The Morgan fingerprint density at radius 1 is 1.41 bits per heavy atom. The number of aromatic amines is 1. The Labute approximate surface area is 105 Å². The Balaban J connectivity index is 2.40. The van der Waals surface area contributed by atoms with Crippen LogP contribution in [0.25, 0.3) is 0 Å². The molecule has 17 heavy (non-hydrogen) atoms. The van der Waals surface area contributed by atoms with Crippen molar-refractivity contribution in [3.8, 4) is 0 Å². The van der Waals surface area contributed by atoms with Gasteiger partial charge < -0.3 is 15.4 Å². The number of aliphatic hydroxyl groups excluding tert-OH is 1. The summed E-state index contributed by atoms with van der Waals surface area (Å²) < 4.78 is 0. The first-order valence-corrected chi connectivity index (χ1v) is 6.42. The average Bonchev–Trinajstić information content (AvgIpc) is 2.77. The zero-order valence-corrected chi connectivity index (χ0v) is 11.5. The van der Waals surface area contributed by atoms with E-state index in [1.54, 1.807) is 0 Å². The van der Waals surface area contributed by atoms with E-state index in [2.05, 4.69) is 44.1 Å². The van der Waals surface area contributed by atoms with Gasteiger partial charge in [-0.05, 0) is 23.5 Å². The molecule has 1 aromatic rings. The van der Waals surface area contributed by atoms with Gasteiger partial charge in [0.1, 0.15) is 0 Å². The van der Waals surface area contributed by atoms with Crippen LogP contribution in [0.3, 0.4) is 0 Å². The van der Waals surface area contributed by atoms with Gasteiger partial charge in [0.2, 0.25) is 0 Å². The van der Waals surface area contributed by atoms with Gasteiger partial charge in [0, 0.05) is 37.5 Å². The minimum atomic E-state index is 0.122. The molecule has 1 aromatic heterocycles. The summed E-state index contributed by atoms with van der Waals surface area (Å²) in [5, 5.41) is 12.7. The maximum absolute atomic E-state index is 9.26. The summed E-state index contributed by atoms with van der Waals surface area (Å²) in [5.41, 5.74) is 1.44. The summed E-state index contributed by atoms with van der Waals surface area (Å²) in [6.45, 7) is 10.8. The molecule has 0 aliphatic heterocycles. The molecule has 1 unspecified atom stereocenters. The topological polar surface area (TPSA) is 48.0 Å². The molecule has 3 N–H and O–H groups in total. The lowest BCUT2D eigenvalue weighted by Gasteiger charge is -2.26. The average molecular weight is 238 g/mol. The van der Waals surface area contributed by atoms with E-state index >= 15 is 0 Å². The SMILES string of the molecule is CC(C)C(CO)CNCC(C)(C)c1cc[nH]c1. The molecule has 98 valence electrons. The normalized spacial score (nSPS) is 14.2. The third kappa shape index (κ3) is 4.17. The van der Waals surface area contributed by atoms with E-state index in [1.807, 2.05) is 12.4 Å². The standard InChI is InChI=1S/C14H26N2O/c1-11(2)12(9-17)7-16-10-14(3,4)13-5-6-15-8-13/h5-6,8,11-12,15-17H,7,9-10H2,1-4H3. The van der Waals surface area contributed by atoms with Crippen LogP contribution >= 0.6 is 0 Å². The van der Waals surface area contributed by atoms with Crippen molar-refractivity contribution in [3.05, 3.63) is 24.0 Å². The largest absolute Gasteiger partial charge is 0.396 e. The number of H-pyrrole nitrogens is 1. The fourth-order valence-electron chi connectivity index (χ4n) is 1.93. The number of hydrogen-bond donors (Lipinski definition) is 3. The number of nitrogens with one attached hydrogen (secondary N) is 2. The van der Waals surface area contributed by atoms with Crippen LogP contribution in [0.15, 0.2) is 18.5 Å². The van der Waals surface area contributed by atoms with Gasteiger partial charge in [0.25, 0.3) is 0 Å². The lowest BCUT2D eigenvalue weighted by atomic mass is 9.86. The monoisotopic (exact) mass is 238 g/mol. The van der Waals surface area contributed by atoms with Gasteiger partial charge in [0.15, 0.2) is 0 Å². The molecule has 0 fully saturated rings. The zero-order chi connectivity index (χ0) is 12.9. The van der Waals surface area contributed by atoms with E-state index < -0.39 is 0 Å². The smallest absolute Gasteiger partial charge is 0.0473 e. The molecule has 3 heteroatoms. The quantitative estimate of drug-likeness (QED) is 0.681. The van der Waals surface area contributed by atoms with E-state index in [-0.39, 0.29) is 12.0 Å². The maximum Gasteiger partial charge on any atom is 0.0473 e. The maximum atomic E-state index is 9.26. The second kappa shape index (κ2) is 6.22. The Bertz CT molecular complexity index is 304. The molecule has 0 spiro atoms. The predicted molar refractivity (Wildman–Crippen MR) is 72.1 cm³/mol. The Morgan fingerprint density at radius 2 is 2.12 bits per heavy atom. The lowest BCUT2D eigenvalue weighted by Crippen LogP contribution is -2.37. The fraction of sp³-hybridized carbons (Fsp3) is 0.714. The Morgan fingerprint density at radius 3 is 2.59 bits per heavy atom. The van der Waals surface area contributed by atoms with Crippen molar-refractivity contribution < 1.29 is 5.11 Å². The third-order valence-electron chi connectivity index (χ3n) is 3.53. The molecular formula is C14H26N2O. The molecular weight excluding hydrogens is 212 g/mol. The van der Waals surface area contributed by atoms with E-state index in [4.69, 9.17) is 0 Å². The van der Waals surface area contributed by atoms with Crippen molar-refractivity contribution >= 4 is 0 Å². The second-order valence-electron chi connectivity index (χ2n) is 5.80. The molecule has 1 rings (SSSR count). The zero-order valence-electron chi connectivity index (χ0n) is 11.5. The van der Waals surface area contributed by atoms with E-state index in [0.29, 0.717) is 11.8 Å². The predicted octanol–water partition coefficient (Wildman–Crippen LogP) is 2.15. The molecule has 0 aliphatic rings. The molecule has 0 amide bonds. The van der Waals surface area contributed by atoms with Crippen molar-refractivity contribution in [2.24, 2.45) is 11.8 Å². The van der Waals surface area contributed by atoms with Crippen molar-refractivity contribution in [1.82, 2.24) is 10.3 Å². The summed E-state index contributed by atoms with van der Waals surface area (Å²) >= 11 is 0. The van der Waals surface area contributed by atoms with Crippen LogP contribution in [-0.4, -0.2) is 29.8 Å². The van der Waals surface area contributed by atoms with Gasteiger partial charge in [-0.25, -0.2) is 0 Å². The molecule has 0 bridgehead atoms. The number of hydrogen-bond acceptors (Lipinski definition) is 2. The molecule has 0 radical (unpaired) electrons. The Hall–Kier alpha value is -0.800. The molecule has 3 nitrogen and oxygen atoms in total. The van der Waals surface area contributed by atoms with Gasteiger partial charge in [-0.1, -0.05) is 27.7 Å². The van der Waals surface area contributed by atoms with Gasteiger partial charge in [-0.15, -0.1) is 0 Å². The minimum Gasteiger partial charge on any atom is -0.396 e. The highest BCUT2D eigenvalue weighted by Gasteiger charge is 2.21. The molecule has 0 saturated carbocycles. The van der Waals surface area contributed by atoms with Gasteiger partial charge in [-0.3, -0.25) is 0 Å². The van der Waals surface area contributed by atoms with E-state index in [0.717, 1.165) is 13.1 Å². The molecule has 0 aliphatic carbocycles. The van der Waals surface area contributed by atoms with Crippen molar-refractivity contribution in [1.29, 1.82) is 0 Å². The van der Waals surface area contributed by atoms with Gasteiger partial charge in [-0.2, -0.15) is 0 Å². The van der Waals surface area contributed by atoms with Gasteiger partial charge in [0.05, 0.1) is 0 Å². The summed E-state index contributed by atoms with van der Waals surface area (Å²) in [5.74, 6) is 0.861. The van der Waals surface area contributed by atoms with E-state index in [1.165, 1.54) is 5.56 Å². The first kappa shape index (κ1) is 14.3. The highest BCUT2D eigenvalue weighted by Crippen LogP contribution is 2.21. The number of aromatic nitrogens is 1. The molecule has 0 aromatic carbocycles. The Kier molecular flexibility index (Phi) is 5.22. The summed E-state index contributed by atoms with van der Waals surface area (Å²) in [7, 11) is 0. The van der Waals surface area contributed by atoms with Crippen molar-refractivity contribution in [3.63, 3.8) is 0 Å². The third-order valence-corrected chi connectivity index (χ3v) is 3.53. The highest BCUT2D eigenvalue weighted by molar-refractivity contribution is 5.20. The summed E-state index contributed by atoms with van der Waals surface area (Å²) in [4.78, 5) is 3.10. The number of rotatable bonds is 7. The lowest BCUT2D eigenvalue weighted by molar-refractivity contribution is 0.184. The minimum absolute atomic E-state index is 0.122. The van der Waals surface area contributed by atoms with E-state index in [9.17, 15) is 5.11 Å². The van der Waals surface area contributed by atoms with Crippen LogP contribution in [-0.2, 0) is 5.41 Å². The molecule has 1 atom stereocenters. The first-order chi connectivity index (χ1) is 7.97. The van der Waals surface area contributed by atoms with Crippen LogP contribution in [0.1, 0.15) is 33.3 Å². The summed E-state index contributed by atoms with van der Waals surface area (Å²) in [6.07, 6.45) is 4.01. The highest BCUT2D eigenvalue weighted by atomic mass is 16.3. The van der Waals surface area contributed by atoms with Crippen LogP contribution in [0, 0.1) is 11.8 Å². The van der Waals surface area contributed by atoms with Crippen LogP contribution in [0.4, 0.5) is 0 Å². The van der Waals surface area contributed by atoms with Crippen molar-refractivity contribution in [2.75, 3.05) is 19.7 Å². The van der Waals surface area contributed by atoms with Gasteiger partial charge >= 0.3 is 0 Å². The second-order valence-corrected chi connectivity index (χ2v) is 5.80. The van der Waals surface area contributed by atoms with Crippen LogP contribution < -0.4 is 5.32 Å². The summed E-state index contributed by atoms with van der Waals surface area (Å²) in [6, 6.07) is 2.12. The molecule has 1 heterocycles.